The van der Waals surface area contributed by atoms with Crippen molar-refractivity contribution in [3.05, 3.63) is 33.1 Å². The van der Waals surface area contributed by atoms with Gasteiger partial charge in [-0.1, -0.05) is 13.3 Å². The van der Waals surface area contributed by atoms with Crippen LogP contribution in [0.15, 0.2) is 21.9 Å². The molecule has 1 aliphatic rings. The summed E-state index contributed by atoms with van der Waals surface area (Å²) in [6.45, 7) is 1.34. The van der Waals surface area contributed by atoms with Crippen LogP contribution in [0.25, 0.3) is 0 Å². The van der Waals surface area contributed by atoms with Crippen LogP contribution in [-0.4, -0.2) is 49.8 Å². The Morgan fingerprint density at radius 3 is 2.65 bits per heavy atom. The van der Waals surface area contributed by atoms with Gasteiger partial charge in [0.05, 0.1) is 6.61 Å². The largest absolute Gasteiger partial charge is 0.394 e. The first-order valence-electron chi connectivity index (χ1n) is 6.43. The van der Waals surface area contributed by atoms with E-state index >= 15 is 0 Å². The summed E-state index contributed by atoms with van der Waals surface area (Å²) in [5.74, 6) is 0. The van der Waals surface area contributed by atoms with E-state index in [1.165, 1.54) is 6.20 Å². The second-order valence-electron chi connectivity index (χ2n) is 4.85. The number of nitrogens with one attached hydrogen (secondary N) is 1. The molecular formula is C12H18N2O6. The molecule has 0 spiro atoms. The standard InChI is InChI=1S/C12H18N2O6/c1-2-4-12(10(18)9(17)7(6-15)20-12)14-5-3-8(16)13-11(14)19/h3,5,7,9-10,15,17-18H,2,4,6H2,1H3,(H,13,16,19)/t7-,9-,10-,12-/m1/s1. The molecule has 1 aliphatic heterocycles. The molecule has 1 aromatic heterocycles. The molecule has 0 aromatic carbocycles. The second-order valence-corrected chi connectivity index (χ2v) is 4.85. The predicted molar refractivity (Wildman–Crippen MR) is 68.2 cm³/mol. The highest BCUT2D eigenvalue weighted by molar-refractivity contribution is 5.01. The molecule has 0 bridgehead atoms. The predicted octanol–water partition coefficient (Wildman–Crippen LogP) is -1.90. The van der Waals surface area contributed by atoms with Crippen molar-refractivity contribution in [1.29, 1.82) is 0 Å². The smallest absolute Gasteiger partial charge is 0.330 e. The van der Waals surface area contributed by atoms with Gasteiger partial charge in [-0.25, -0.2) is 4.79 Å². The van der Waals surface area contributed by atoms with Gasteiger partial charge in [-0.15, -0.1) is 0 Å². The second kappa shape index (κ2) is 5.49. The van der Waals surface area contributed by atoms with Crippen LogP contribution in [0.5, 0.6) is 0 Å². The van der Waals surface area contributed by atoms with Gasteiger partial charge in [0.15, 0.2) is 5.72 Å². The maximum absolute atomic E-state index is 11.9. The summed E-state index contributed by atoms with van der Waals surface area (Å²) < 4.78 is 6.62. The molecule has 20 heavy (non-hydrogen) atoms. The fourth-order valence-electron chi connectivity index (χ4n) is 2.62. The van der Waals surface area contributed by atoms with Crippen molar-refractivity contribution in [2.45, 2.75) is 43.8 Å². The first-order valence-corrected chi connectivity index (χ1v) is 6.43. The third-order valence-corrected chi connectivity index (χ3v) is 3.54. The number of hydrogen-bond acceptors (Lipinski definition) is 6. The van der Waals surface area contributed by atoms with Crippen LogP contribution in [0.2, 0.25) is 0 Å². The summed E-state index contributed by atoms with van der Waals surface area (Å²) >= 11 is 0. The minimum absolute atomic E-state index is 0.244. The number of rotatable bonds is 4. The average Bonchev–Trinajstić information content (AvgIpc) is 2.65. The van der Waals surface area contributed by atoms with E-state index in [0.717, 1.165) is 10.6 Å². The first-order chi connectivity index (χ1) is 9.46. The number of aromatic nitrogens is 2. The van der Waals surface area contributed by atoms with E-state index in [9.17, 15) is 24.9 Å². The summed E-state index contributed by atoms with van der Waals surface area (Å²) in [6.07, 6.45) is -1.67. The number of aliphatic hydroxyl groups is 3. The Kier molecular flexibility index (Phi) is 4.09. The fraction of sp³-hybridized carbons (Fsp3) is 0.667. The lowest BCUT2D eigenvalue weighted by Gasteiger charge is -2.33. The van der Waals surface area contributed by atoms with Gasteiger partial charge < -0.3 is 20.1 Å². The minimum atomic E-state index is -1.50. The van der Waals surface area contributed by atoms with Gasteiger partial charge in [0.1, 0.15) is 18.3 Å². The van der Waals surface area contributed by atoms with Gasteiger partial charge in [-0.3, -0.25) is 14.3 Å². The molecule has 0 radical (unpaired) electrons. The Labute approximate surface area is 114 Å². The van der Waals surface area contributed by atoms with Gasteiger partial charge in [-0.05, 0) is 6.42 Å². The van der Waals surface area contributed by atoms with Crippen LogP contribution in [0.1, 0.15) is 19.8 Å². The van der Waals surface area contributed by atoms with Crippen LogP contribution in [0.3, 0.4) is 0 Å². The van der Waals surface area contributed by atoms with E-state index < -0.39 is 41.9 Å². The molecule has 2 heterocycles. The zero-order chi connectivity index (χ0) is 14.9. The van der Waals surface area contributed by atoms with E-state index in [1.54, 1.807) is 0 Å². The lowest BCUT2D eigenvalue weighted by atomic mass is 9.98. The molecule has 8 nitrogen and oxygen atoms in total. The highest BCUT2D eigenvalue weighted by Gasteiger charge is 2.55. The summed E-state index contributed by atoms with van der Waals surface area (Å²) in [7, 11) is 0. The van der Waals surface area contributed by atoms with E-state index in [4.69, 9.17) is 4.74 Å². The Morgan fingerprint density at radius 1 is 1.45 bits per heavy atom. The van der Waals surface area contributed by atoms with Gasteiger partial charge in [-0.2, -0.15) is 0 Å². The van der Waals surface area contributed by atoms with Crippen molar-refractivity contribution in [1.82, 2.24) is 9.55 Å². The molecule has 4 N–H and O–H groups in total. The Hall–Kier alpha value is -1.48. The molecule has 4 atom stereocenters. The van der Waals surface area contributed by atoms with Crippen molar-refractivity contribution in [2.24, 2.45) is 0 Å². The van der Waals surface area contributed by atoms with E-state index in [1.807, 2.05) is 6.92 Å². The SMILES string of the molecule is CCC[C@@]1(n2ccc(=O)[nH]c2=O)O[C@H](CO)[C@@H](O)[C@H]1O. The summed E-state index contributed by atoms with van der Waals surface area (Å²) in [4.78, 5) is 25.1. The summed E-state index contributed by atoms with van der Waals surface area (Å²) in [5, 5.41) is 29.3. The number of aromatic amines is 1. The molecule has 0 unspecified atom stereocenters. The quantitative estimate of drug-likeness (QED) is 0.512. The fourth-order valence-corrected chi connectivity index (χ4v) is 2.62. The normalized spacial score (nSPS) is 33.5. The molecule has 2 rings (SSSR count). The number of hydrogen-bond donors (Lipinski definition) is 4. The molecular weight excluding hydrogens is 268 g/mol. The molecule has 0 aliphatic carbocycles. The minimum Gasteiger partial charge on any atom is -0.394 e. The lowest BCUT2D eigenvalue weighted by molar-refractivity contribution is -0.155. The molecule has 0 amide bonds. The highest BCUT2D eigenvalue weighted by Crippen LogP contribution is 2.38. The molecule has 1 saturated heterocycles. The van der Waals surface area contributed by atoms with Gasteiger partial charge in [0.2, 0.25) is 0 Å². The zero-order valence-electron chi connectivity index (χ0n) is 11.0. The van der Waals surface area contributed by atoms with E-state index in [-0.39, 0.29) is 6.42 Å². The first kappa shape index (κ1) is 14.9. The zero-order valence-corrected chi connectivity index (χ0v) is 11.0. The Bertz CT molecular complexity index is 582. The van der Waals surface area contributed by atoms with Crippen LogP contribution in [0, 0.1) is 0 Å². The lowest BCUT2D eigenvalue weighted by Crippen LogP contribution is -2.51. The Balaban J connectivity index is 2.55. The van der Waals surface area contributed by atoms with Crippen LogP contribution < -0.4 is 11.2 Å². The number of aliphatic hydroxyl groups excluding tert-OH is 3. The third kappa shape index (κ3) is 2.20. The third-order valence-electron chi connectivity index (χ3n) is 3.54. The summed E-state index contributed by atoms with van der Waals surface area (Å²) in [6, 6.07) is 1.13. The number of nitrogens with zero attached hydrogens (tertiary/aromatic N) is 1. The van der Waals surface area contributed by atoms with Crippen molar-refractivity contribution in [3.8, 4) is 0 Å². The maximum Gasteiger partial charge on any atom is 0.330 e. The van der Waals surface area contributed by atoms with Crippen molar-refractivity contribution < 1.29 is 20.1 Å². The van der Waals surface area contributed by atoms with Crippen molar-refractivity contribution in [2.75, 3.05) is 6.61 Å². The van der Waals surface area contributed by atoms with Crippen molar-refractivity contribution >= 4 is 0 Å². The molecule has 112 valence electrons. The Morgan fingerprint density at radius 2 is 2.15 bits per heavy atom. The van der Waals surface area contributed by atoms with E-state index in [2.05, 4.69) is 4.98 Å². The van der Waals surface area contributed by atoms with Gasteiger partial charge >= 0.3 is 5.69 Å². The highest BCUT2D eigenvalue weighted by atomic mass is 16.6. The molecule has 0 saturated carbocycles. The molecule has 8 heteroatoms. The van der Waals surface area contributed by atoms with Crippen LogP contribution >= 0.6 is 0 Å². The van der Waals surface area contributed by atoms with Gasteiger partial charge in [0, 0.05) is 12.3 Å². The number of H-pyrrole nitrogens is 1. The molecule has 1 aromatic rings. The summed E-state index contributed by atoms with van der Waals surface area (Å²) in [5.41, 5.74) is -2.80. The van der Waals surface area contributed by atoms with Gasteiger partial charge in [0.25, 0.3) is 5.56 Å². The average molecular weight is 286 g/mol. The van der Waals surface area contributed by atoms with Crippen molar-refractivity contribution in [3.63, 3.8) is 0 Å². The number of ether oxygens (including phenoxy) is 1. The van der Waals surface area contributed by atoms with E-state index in [0.29, 0.717) is 6.42 Å². The monoisotopic (exact) mass is 286 g/mol. The van der Waals surface area contributed by atoms with Crippen LogP contribution in [-0.2, 0) is 10.5 Å². The van der Waals surface area contributed by atoms with Crippen LogP contribution in [0.4, 0.5) is 0 Å². The molecule has 1 fully saturated rings. The topological polar surface area (TPSA) is 125 Å². The maximum atomic E-state index is 11.9.